The van der Waals surface area contributed by atoms with Crippen LogP contribution in [0, 0.1) is 10.1 Å². The van der Waals surface area contributed by atoms with E-state index in [2.05, 4.69) is 5.32 Å². The van der Waals surface area contributed by atoms with Crippen LogP contribution in [0.4, 0.5) is 5.69 Å². The number of benzene rings is 1. The van der Waals surface area contributed by atoms with E-state index >= 15 is 0 Å². The second-order valence-corrected chi connectivity index (χ2v) is 5.16. The summed E-state index contributed by atoms with van der Waals surface area (Å²) in [5.41, 5.74) is -0.385. The summed E-state index contributed by atoms with van der Waals surface area (Å²) in [6, 6.07) is 3.56. The molecule has 9 heteroatoms. The summed E-state index contributed by atoms with van der Waals surface area (Å²) >= 11 is 0. The SMILES string of the molecule is COc1ccc([N+](=O)[O-])cc1C(=O)OCC(=O)NC[C@@H]1CCCO1. The normalized spacial score (nSPS) is 16.5. The van der Waals surface area contributed by atoms with Crippen LogP contribution >= 0.6 is 0 Å². The Hall–Kier alpha value is -2.68. The zero-order valence-corrected chi connectivity index (χ0v) is 13.1. The van der Waals surface area contributed by atoms with E-state index in [0.29, 0.717) is 13.2 Å². The molecule has 9 nitrogen and oxygen atoms in total. The number of methoxy groups -OCH3 is 1. The van der Waals surface area contributed by atoms with E-state index in [1.54, 1.807) is 0 Å². The third-order valence-electron chi connectivity index (χ3n) is 3.50. The molecule has 0 aromatic heterocycles. The van der Waals surface area contributed by atoms with Crippen molar-refractivity contribution >= 4 is 17.6 Å². The number of non-ortho nitro benzene ring substituents is 1. The average Bonchev–Trinajstić information content (AvgIpc) is 3.10. The summed E-state index contributed by atoms with van der Waals surface area (Å²) in [6.07, 6.45) is 1.83. The molecular formula is C15H18N2O7. The molecule has 1 aromatic rings. The fourth-order valence-electron chi connectivity index (χ4n) is 2.26. The summed E-state index contributed by atoms with van der Waals surface area (Å²) in [7, 11) is 1.33. The largest absolute Gasteiger partial charge is 0.496 e. The van der Waals surface area contributed by atoms with Gasteiger partial charge in [-0.3, -0.25) is 14.9 Å². The first kappa shape index (κ1) is 17.7. The molecular weight excluding hydrogens is 320 g/mol. The van der Waals surface area contributed by atoms with Crippen LogP contribution in [-0.2, 0) is 14.3 Å². The first-order valence-electron chi connectivity index (χ1n) is 7.39. The Balaban J connectivity index is 1.90. The smallest absolute Gasteiger partial charge is 0.342 e. The van der Waals surface area contributed by atoms with Crippen molar-refractivity contribution in [3.63, 3.8) is 0 Å². The highest BCUT2D eigenvalue weighted by Crippen LogP contribution is 2.24. The molecule has 0 spiro atoms. The standard InChI is InChI=1S/C15H18N2O7/c1-22-13-5-4-10(17(20)21)7-12(13)15(19)24-9-14(18)16-8-11-3-2-6-23-11/h4-5,7,11H,2-3,6,8-9H2,1H3,(H,16,18)/t11-/m0/s1. The van der Waals surface area contributed by atoms with Crippen LogP contribution < -0.4 is 10.1 Å². The van der Waals surface area contributed by atoms with Gasteiger partial charge >= 0.3 is 5.97 Å². The maximum absolute atomic E-state index is 12.0. The van der Waals surface area contributed by atoms with Gasteiger partial charge in [0.05, 0.1) is 18.1 Å². The summed E-state index contributed by atoms with van der Waals surface area (Å²) in [6.45, 7) is 0.552. The lowest BCUT2D eigenvalue weighted by Crippen LogP contribution is -2.34. The second-order valence-electron chi connectivity index (χ2n) is 5.16. The molecule has 1 atom stereocenters. The molecule has 1 fully saturated rings. The zero-order chi connectivity index (χ0) is 17.5. The van der Waals surface area contributed by atoms with E-state index in [1.807, 2.05) is 0 Å². The van der Waals surface area contributed by atoms with Crippen LogP contribution in [0.3, 0.4) is 0 Å². The summed E-state index contributed by atoms with van der Waals surface area (Å²) in [4.78, 5) is 33.9. The summed E-state index contributed by atoms with van der Waals surface area (Å²) < 4.78 is 15.2. The fourth-order valence-corrected chi connectivity index (χ4v) is 2.26. The number of hydrogen-bond acceptors (Lipinski definition) is 7. The van der Waals surface area contributed by atoms with E-state index in [0.717, 1.165) is 18.9 Å². The van der Waals surface area contributed by atoms with E-state index in [-0.39, 0.29) is 23.1 Å². The lowest BCUT2D eigenvalue weighted by Gasteiger charge is -2.11. The third kappa shape index (κ3) is 4.66. The van der Waals surface area contributed by atoms with Crippen molar-refractivity contribution < 1.29 is 28.7 Å². The number of carbonyl (C=O) groups is 2. The molecule has 0 aliphatic carbocycles. The Kier molecular flexibility index (Phi) is 6.07. The number of nitrogens with one attached hydrogen (secondary N) is 1. The predicted octanol–water partition coefficient (Wildman–Crippen LogP) is 1.06. The van der Waals surface area contributed by atoms with Crippen molar-refractivity contribution in [2.75, 3.05) is 26.9 Å². The van der Waals surface area contributed by atoms with Crippen LogP contribution in [0.5, 0.6) is 5.75 Å². The van der Waals surface area contributed by atoms with Crippen molar-refractivity contribution in [2.24, 2.45) is 0 Å². The molecule has 24 heavy (non-hydrogen) atoms. The second kappa shape index (κ2) is 8.25. The molecule has 1 heterocycles. The average molecular weight is 338 g/mol. The molecule has 1 aliphatic heterocycles. The van der Waals surface area contributed by atoms with Crippen LogP contribution in [0.2, 0.25) is 0 Å². The Labute approximate surface area is 138 Å². The molecule has 1 N–H and O–H groups in total. The predicted molar refractivity (Wildman–Crippen MR) is 81.9 cm³/mol. The van der Waals surface area contributed by atoms with E-state index in [9.17, 15) is 19.7 Å². The van der Waals surface area contributed by atoms with Gasteiger partial charge in [-0.15, -0.1) is 0 Å². The van der Waals surface area contributed by atoms with Gasteiger partial charge < -0.3 is 19.5 Å². The minimum atomic E-state index is -0.872. The quantitative estimate of drug-likeness (QED) is 0.448. The van der Waals surface area contributed by atoms with Crippen LogP contribution in [0.15, 0.2) is 18.2 Å². The Morgan fingerprint density at radius 2 is 2.25 bits per heavy atom. The first-order valence-corrected chi connectivity index (χ1v) is 7.39. The zero-order valence-electron chi connectivity index (χ0n) is 13.1. The number of esters is 1. The molecule has 0 unspecified atom stereocenters. The number of carbonyl (C=O) groups excluding carboxylic acids is 2. The van der Waals surface area contributed by atoms with Gasteiger partial charge in [-0.2, -0.15) is 0 Å². The van der Waals surface area contributed by atoms with Crippen molar-refractivity contribution in [1.82, 2.24) is 5.32 Å². The Morgan fingerprint density at radius 3 is 2.88 bits per heavy atom. The highest BCUT2D eigenvalue weighted by molar-refractivity contribution is 5.94. The van der Waals surface area contributed by atoms with Gasteiger partial charge in [0, 0.05) is 25.3 Å². The van der Waals surface area contributed by atoms with E-state index in [1.165, 1.54) is 19.2 Å². The maximum Gasteiger partial charge on any atom is 0.342 e. The monoisotopic (exact) mass is 338 g/mol. The van der Waals surface area contributed by atoms with Crippen molar-refractivity contribution in [3.05, 3.63) is 33.9 Å². The van der Waals surface area contributed by atoms with E-state index in [4.69, 9.17) is 14.2 Å². The van der Waals surface area contributed by atoms with Gasteiger partial charge in [0.2, 0.25) is 0 Å². The Bertz CT molecular complexity index is 626. The molecule has 1 aromatic carbocycles. The van der Waals surface area contributed by atoms with Crippen LogP contribution in [0.25, 0.3) is 0 Å². The number of hydrogen-bond donors (Lipinski definition) is 1. The summed E-state index contributed by atoms with van der Waals surface area (Å²) in [5.74, 6) is -1.21. The first-order chi connectivity index (χ1) is 11.5. The third-order valence-corrected chi connectivity index (χ3v) is 3.50. The lowest BCUT2D eigenvalue weighted by atomic mass is 10.2. The molecule has 2 rings (SSSR count). The van der Waals surface area contributed by atoms with Gasteiger partial charge in [0.1, 0.15) is 11.3 Å². The number of nitro benzene ring substituents is 1. The number of rotatable bonds is 7. The summed E-state index contributed by atoms with van der Waals surface area (Å²) in [5, 5.41) is 13.4. The van der Waals surface area contributed by atoms with E-state index < -0.39 is 23.4 Å². The number of nitrogens with zero attached hydrogens (tertiary/aromatic N) is 1. The molecule has 0 radical (unpaired) electrons. The maximum atomic E-state index is 12.0. The highest BCUT2D eigenvalue weighted by Gasteiger charge is 2.20. The lowest BCUT2D eigenvalue weighted by molar-refractivity contribution is -0.384. The number of ether oxygens (including phenoxy) is 3. The fraction of sp³-hybridized carbons (Fsp3) is 0.467. The van der Waals surface area contributed by atoms with Crippen molar-refractivity contribution in [1.29, 1.82) is 0 Å². The molecule has 1 amide bonds. The minimum absolute atomic E-state index is 0.0125. The number of amides is 1. The number of nitro groups is 1. The molecule has 0 saturated carbocycles. The van der Waals surface area contributed by atoms with Crippen molar-refractivity contribution in [2.45, 2.75) is 18.9 Å². The minimum Gasteiger partial charge on any atom is -0.496 e. The Morgan fingerprint density at radius 1 is 1.46 bits per heavy atom. The van der Waals surface area contributed by atoms with Crippen molar-refractivity contribution in [3.8, 4) is 5.75 Å². The van der Waals surface area contributed by atoms with Gasteiger partial charge in [-0.25, -0.2) is 4.79 Å². The molecule has 1 saturated heterocycles. The van der Waals surface area contributed by atoms with Gasteiger partial charge in [0.15, 0.2) is 6.61 Å². The van der Waals surface area contributed by atoms with Gasteiger partial charge in [0.25, 0.3) is 11.6 Å². The molecule has 0 bridgehead atoms. The van der Waals surface area contributed by atoms with Crippen LogP contribution in [0.1, 0.15) is 23.2 Å². The van der Waals surface area contributed by atoms with Gasteiger partial charge in [-0.1, -0.05) is 0 Å². The topological polar surface area (TPSA) is 117 Å². The highest BCUT2D eigenvalue weighted by atomic mass is 16.6. The molecule has 130 valence electrons. The van der Waals surface area contributed by atoms with Crippen LogP contribution in [-0.4, -0.2) is 49.8 Å². The molecule has 1 aliphatic rings. The van der Waals surface area contributed by atoms with Gasteiger partial charge in [-0.05, 0) is 18.9 Å².